The van der Waals surface area contributed by atoms with E-state index >= 15 is 8.78 Å². The molecule has 42 heavy (non-hydrogen) atoms. The second kappa shape index (κ2) is 13.1. The van der Waals surface area contributed by atoms with Gasteiger partial charge in [-0.25, -0.2) is 0 Å². The normalized spacial score (nSPS) is 10.6. The number of hydrogen-bond acceptors (Lipinski definition) is 3. The van der Waals surface area contributed by atoms with Crippen LogP contribution in [0.25, 0.3) is 44.8 Å². The first-order chi connectivity index (χ1) is 20.1. The first-order valence-corrected chi connectivity index (χ1v) is 16.0. The van der Waals surface area contributed by atoms with Crippen LogP contribution in [0.2, 0.25) is 0 Å². The van der Waals surface area contributed by atoms with E-state index in [9.17, 15) is 5.26 Å². The predicted molar refractivity (Wildman–Crippen MR) is 162 cm³/mol. The molecule has 0 bridgehead atoms. The molecule has 0 aliphatic heterocycles. The first-order valence-electron chi connectivity index (χ1n) is 13.1. The molecule has 214 valence electrons. The van der Waals surface area contributed by atoms with Crippen LogP contribution in [0.4, 0.5) is 8.78 Å². The summed E-state index contributed by atoms with van der Waals surface area (Å²) >= 11 is 1.61. The van der Waals surface area contributed by atoms with Crippen molar-refractivity contribution in [3.05, 3.63) is 118 Å². The van der Waals surface area contributed by atoms with Gasteiger partial charge in [-0.2, -0.15) is 5.26 Å². The van der Waals surface area contributed by atoms with E-state index in [0.717, 1.165) is 55.6 Å². The molecule has 0 radical (unpaired) electrons. The number of nitriles is 1. The SMILES string of the molecule is Cc1cc(C)c(-c2ccnc(-c3[c-]c(-c4cc(-c5c(C)cc(C)cc5C)ccn4)c(F)c(C#N)c3F)c2)c(C)c1.[Cl][Pt+]. The maximum atomic E-state index is 15.6. The van der Waals surface area contributed by atoms with Crippen molar-refractivity contribution in [3.63, 3.8) is 0 Å². The molecular weight excluding hydrogens is 731 g/mol. The van der Waals surface area contributed by atoms with Gasteiger partial charge in [-0.15, -0.1) is 6.07 Å². The Kier molecular flexibility index (Phi) is 9.72. The third kappa shape index (κ3) is 6.07. The number of benzene rings is 3. The van der Waals surface area contributed by atoms with Crippen LogP contribution in [0, 0.1) is 70.6 Å². The van der Waals surface area contributed by atoms with Gasteiger partial charge in [0.25, 0.3) is 0 Å². The Morgan fingerprint density at radius 2 is 1.02 bits per heavy atom. The summed E-state index contributed by atoms with van der Waals surface area (Å²) < 4.78 is 31.2. The quantitative estimate of drug-likeness (QED) is 0.172. The first kappa shape index (κ1) is 31.2. The molecule has 7 heteroatoms. The summed E-state index contributed by atoms with van der Waals surface area (Å²) in [6.07, 6.45) is 3.18. The Labute approximate surface area is 261 Å². The Balaban J connectivity index is 0.00000198. The number of rotatable bonds is 4. The van der Waals surface area contributed by atoms with Crippen molar-refractivity contribution in [2.45, 2.75) is 41.5 Å². The molecule has 5 rings (SSSR count). The molecule has 0 fully saturated rings. The Hall–Kier alpha value is -3.71. The average molecular weight is 759 g/mol. The van der Waals surface area contributed by atoms with Crippen LogP contribution < -0.4 is 0 Å². The third-order valence-corrected chi connectivity index (χ3v) is 7.20. The van der Waals surface area contributed by atoms with Crippen molar-refractivity contribution in [1.29, 1.82) is 5.26 Å². The van der Waals surface area contributed by atoms with Crippen molar-refractivity contribution in [1.82, 2.24) is 9.97 Å². The summed E-state index contributed by atoms with van der Waals surface area (Å²) in [6, 6.07) is 20.2. The fourth-order valence-corrected chi connectivity index (χ4v) is 5.75. The zero-order chi connectivity index (χ0) is 30.7. The van der Waals surface area contributed by atoms with Gasteiger partial charge in [-0.1, -0.05) is 58.7 Å². The van der Waals surface area contributed by atoms with Gasteiger partial charge in [0.2, 0.25) is 0 Å². The van der Waals surface area contributed by atoms with E-state index in [1.54, 1.807) is 49.4 Å². The molecule has 3 nitrogen and oxygen atoms in total. The van der Waals surface area contributed by atoms with Gasteiger partial charge in [0.15, 0.2) is 0 Å². The average Bonchev–Trinajstić information content (AvgIpc) is 2.94. The number of nitrogens with zero attached hydrogens (tertiary/aromatic N) is 3. The summed E-state index contributed by atoms with van der Waals surface area (Å²) in [5, 5.41) is 9.72. The summed E-state index contributed by atoms with van der Waals surface area (Å²) in [5.74, 6) is -1.99. The van der Waals surface area contributed by atoms with E-state index in [1.807, 2.05) is 53.7 Å². The van der Waals surface area contributed by atoms with Crippen molar-refractivity contribution in [3.8, 4) is 50.8 Å². The third-order valence-electron chi connectivity index (χ3n) is 7.20. The summed E-state index contributed by atoms with van der Waals surface area (Å²) in [7, 11) is 4.61. The fourth-order valence-electron chi connectivity index (χ4n) is 5.75. The Bertz CT molecular complexity index is 1690. The van der Waals surface area contributed by atoms with Gasteiger partial charge in [-0.05, 0) is 98.2 Å². The van der Waals surface area contributed by atoms with E-state index in [4.69, 9.17) is 0 Å². The van der Waals surface area contributed by atoms with Crippen molar-refractivity contribution in [2.24, 2.45) is 0 Å². The van der Waals surface area contributed by atoms with E-state index < -0.39 is 17.2 Å². The van der Waals surface area contributed by atoms with E-state index in [-0.39, 0.29) is 22.5 Å². The van der Waals surface area contributed by atoms with Crippen LogP contribution in [0.1, 0.15) is 38.9 Å². The fraction of sp³-hybridized carbons (Fsp3) is 0.171. The molecule has 0 aliphatic rings. The summed E-state index contributed by atoms with van der Waals surface area (Å²) in [6.45, 7) is 12.2. The number of aryl methyl sites for hydroxylation is 6. The summed E-state index contributed by atoms with van der Waals surface area (Å²) in [4.78, 5) is 8.77. The molecular formula is C35H28ClF2N3Pt. The van der Waals surface area contributed by atoms with E-state index in [1.165, 1.54) is 0 Å². The second-order valence-corrected chi connectivity index (χ2v) is 10.4. The molecule has 0 unspecified atom stereocenters. The van der Waals surface area contributed by atoms with Crippen LogP contribution in [0.5, 0.6) is 0 Å². The topological polar surface area (TPSA) is 49.6 Å². The minimum absolute atomic E-state index is 0.0767. The Morgan fingerprint density at radius 3 is 1.36 bits per heavy atom. The van der Waals surface area contributed by atoms with Crippen molar-refractivity contribution in [2.75, 3.05) is 0 Å². The standard InChI is InChI=1S/C35H28F2N3.ClH.Pt/c1-19-11-21(3)32(22(4)12-19)25-7-9-39-30(15-25)27-17-28(35(37)29(18-38)34(27)36)31-16-26(8-10-40-31)33-23(5)13-20(2)14-24(33)6;;/h7-16H,1-6H3;1H;/q-1;;+2/p-1. The van der Waals surface area contributed by atoms with Crippen LogP contribution in [-0.2, 0) is 18.8 Å². The van der Waals surface area contributed by atoms with Gasteiger partial charge < -0.3 is 0 Å². The predicted octanol–water partition coefficient (Wildman–Crippen LogP) is 9.63. The van der Waals surface area contributed by atoms with Crippen molar-refractivity contribution < 1.29 is 27.6 Å². The van der Waals surface area contributed by atoms with Crippen LogP contribution in [0.15, 0.2) is 60.9 Å². The van der Waals surface area contributed by atoms with E-state index in [0.29, 0.717) is 0 Å². The molecule has 0 N–H and O–H groups in total. The molecule has 3 aromatic carbocycles. The molecule has 0 spiro atoms. The van der Waals surface area contributed by atoms with Gasteiger partial charge >= 0.3 is 28.2 Å². The Morgan fingerprint density at radius 1 is 0.667 bits per heavy atom. The zero-order valence-corrected chi connectivity index (χ0v) is 27.1. The molecule has 0 aliphatic carbocycles. The maximum absolute atomic E-state index is 15.6. The van der Waals surface area contributed by atoms with Crippen LogP contribution in [-0.4, -0.2) is 9.97 Å². The second-order valence-electron chi connectivity index (χ2n) is 10.4. The minimum atomic E-state index is -0.993. The zero-order valence-electron chi connectivity index (χ0n) is 24.1. The summed E-state index contributed by atoms with van der Waals surface area (Å²) in [5.41, 5.74) is 10.1. The monoisotopic (exact) mass is 758 g/mol. The van der Waals surface area contributed by atoms with Crippen molar-refractivity contribution >= 4 is 9.42 Å². The number of pyridine rings is 2. The number of halogens is 3. The molecule has 0 saturated carbocycles. The van der Waals surface area contributed by atoms with Gasteiger partial charge in [0.1, 0.15) is 0 Å². The van der Waals surface area contributed by atoms with Gasteiger partial charge in [-0.3, -0.25) is 18.7 Å². The number of aromatic nitrogens is 2. The molecule has 0 saturated heterocycles. The van der Waals surface area contributed by atoms with Crippen LogP contribution in [0.3, 0.4) is 0 Å². The van der Waals surface area contributed by atoms with Crippen LogP contribution >= 0.6 is 9.42 Å². The molecule has 2 aromatic heterocycles. The molecule has 2 heterocycles. The van der Waals surface area contributed by atoms with Gasteiger partial charge in [0.05, 0.1) is 23.3 Å². The van der Waals surface area contributed by atoms with Gasteiger partial charge in [0, 0.05) is 23.8 Å². The van der Waals surface area contributed by atoms with E-state index in [2.05, 4.69) is 49.7 Å². The molecule has 0 atom stereocenters. The number of hydrogen-bond donors (Lipinski definition) is 0. The molecule has 0 amide bonds. The molecule has 5 aromatic rings.